The second-order valence-electron chi connectivity index (χ2n) is 7.57. The van der Waals surface area contributed by atoms with Crippen molar-refractivity contribution in [1.82, 2.24) is 0 Å². The molecule has 6 heteroatoms. The van der Waals surface area contributed by atoms with E-state index in [1.165, 1.54) is 0 Å². The van der Waals surface area contributed by atoms with Crippen LogP contribution in [-0.2, 0) is 18.1 Å². The van der Waals surface area contributed by atoms with E-state index >= 15 is 0 Å². The second-order valence-corrected chi connectivity index (χ2v) is 13.2. The molecule has 4 nitrogen and oxygen atoms in total. The molecule has 2 fully saturated rings. The first-order valence-electron chi connectivity index (χ1n) is 7.23. The van der Waals surface area contributed by atoms with E-state index in [1.807, 2.05) is 55.4 Å². The molecule has 0 aromatic rings. The Morgan fingerprint density at radius 2 is 0.900 bits per heavy atom. The van der Waals surface area contributed by atoms with Crippen molar-refractivity contribution in [1.29, 1.82) is 0 Å². The summed E-state index contributed by atoms with van der Waals surface area (Å²) in [5.41, 5.74) is -1.88. The Kier molecular flexibility index (Phi) is 3.50. The molecule has 0 aromatic carbocycles. The molecule has 2 aliphatic rings. The molecule has 1 spiro atoms. The normalized spacial score (nSPS) is 36.5. The van der Waals surface area contributed by atoms with E-state index in [2.05, 4.69) is 6.92 Å². The Labute approximate surface area is 127 Å². The van der Waals surface area contributed by atoms with Crippen molar-refractivity contribution >= 4 is 18.1 Å². The van der Waals surface area contributed by atoms with Crippen LogP contribution in [0.1, 0.15) is 62.3 Å². The van der Waals surface area contributed by atoms with Gasteiger partial charge in [-0.1, -0.05) is 0 Å². The first kappa shape index (κ1) is 17.0. The summed E-state index contributed by atoms with van der Waals surface area (Å²) in [6, 6.07) is 0. The van der Waals surface area contributed by atoms with E-state index < -0.39 is 29.1 Å². The molecule has 0 aromatic heterocycles. The van der Waals surface area contributed by atoms with Crippen LogP contribution in [0.5, 0.6) is 0 Å². The predicted molar refractivity (Wildman–Crippen MR) is 85.7 cm³/mol. The maximum atomic E-state index is 6.44. The number of hydrogen-bond acceptors (Lipinski definition) is 5. The van der Waals surface area contributed by atoms with Gasteiger partial charge in [0, 0.05) is 0 Å². The molecule has 0 saturated carbocycles. The van der Waals surface area contributed by atoms with Gasteiger partial charge in [-0.25, -0.2) is 0 Å². The first-order chi connectivity index (χ1) is 8.70. The average molecular weight is 324 g/mol. The van der Waals surface area contributed by atoms with Gasteiger partial charge in [-0.3, -0.25) is 0 Å². The number of rotatable bonds is 2. The zero-order chi connectivity index (χ0) is 15.7. The molecule has 0 bridgehead atoms. The van der Waals surface area contributed by atoms with Crippen molar-refractivity contribution in [2.24, 2.45) is 0 Å². The Morgan fingerprint density at radius 1 is 0.650 bits per heavy atom. The van der Waals surface area contributed by atoms with Gasteiger partial charge in [0.1, 0.15) is 0 Å². The van der Waals surface area contributed by atoms with Gasteiger partial charge >= 0.3 is 127 Å². The van der Waals surface area contributed by atoms with Gasteiger partial charge in [-0.2, -0.15) is 0 Å². The van der Waals surface area contributed by atoms with Gasteiger partial charge in [0.25, 0.3) is 0 Å². The summed E-state index contributed by atoms with van der Waals surface area (Å²) in [5, 5.41) is 0. The van der Waals surface area contributed by atoms with Crippen LogP contribution in [0.25, 0.3) is 0 Å². The molecule has 0 radical (unpaired) electrons. The minimum absolute atomic E-state index is 0.469. The monoisotopic (exact) mass is 324 g/mol. The van der Waals surface area contributed by atoms with Crippen LogP contribution < -0.4 is 0 Å². The first-order valence-corrected chi connectivity index (χ1v) is 10.7. The van der Waals surface area contributed by atoms with Crippen LogP contribution in [0.3, 0.4) is 0 Å². The topological polar surface area (TPSA) is 36.9 Å². The second kappa shape index (κ2) is 4.12. The van der Waals surface area contributed by atoms with E-state index in [4.69, 9.17) is 18.1 Å². The Hall–Kier alpha value is 0.620. The summed E-state index contributed by atoms with van der Waals surface area (Å²) in [4.78, 5) is 0. The standard InChI is InChI=1S/C14H29O4PS/c1-10-20-19(15-11(2,3)12(4,5)16-19)17-13(6,7)14(8,9)18-19/h10H2,1-9H3. The summed E-state index contributed by atoms with van der Waals surface area (Å²) in [7, 11) is 0. The maximum absolute atomic E-state index is 6.44. The van der Waals surface area contributed by atoms with Crippen LogP contribution in [0.2, 0.25) is 0 Å². The molecule has 0 atom stereocenters. The molecule has 2 saturated heterocycles. The fraction of sp³-hybridized carbons (Fsp3) is 1.00. The third kappa shape index (κ3) is 2.17. The van der Waals surface area contributed by atoms with Crippen LogP contribution in [-0.4, -0.2) is 28.2 Å². The van der Waals surface area contributed by atoms with Crippen LogP contribution >= 0.6 is 18.1 Å². The summed E-state index contributed by atoms with van der Waals surface area (Å²) in [6.45, 7) is 14.7. The zero-order valence-corrected chi connectivity index (χ0v) is 15.9. The molecular formula is C14H29O4PS. The summed E-state index contributed by atoms with van der Waals surface area (Å²) >= 11 is 1.55. The van der Waals surface area contributed by atoms with E-state index in [9.17, 15) is 0 Å². The molecule has 120 valence electrons. The van der Waals surface area contributed by atoms with Crippen molar-refractivity contribution in [2.75, 3.05) is 5.75 Å². The van der Waals surface area contributed by atoms with Gasteiger partial charge in [0.15, 0.2) is 0 Å². The fourth-order valence-electron chi connectivity index (χ4n) is 2.36. The van der Waals surface area contributed by atoms with Crippen molar-refractivity contribution in [3.63, 3.8) is 0 Å². The van der Waals surface area contributed by atoms with Crippen LogP contribution in [0, 0.1) is 0 Å². The Bertz CT molecular complexity index is 355. The van der Waals surface area contributed by atoms with Crippen molar-refractivity contribution in [2.45, 2.75) is 84.7 Å². The zero-order valence-electron chi connectivity index (χ0n) is 14.2. The van der Waals surface area contributed by atoms with Gasteiger partial charge in [0.05, 0.1) is 0 Å². The van der Waals surface area contributed by atoms with Crippen LogP contribution in [0.4, 0.5) is 0 Å². The van der Waals surface area contributed by atoms with Crippen molar-refractivity contribution in [3.05, 3.63) is 0 Å². The molecule has 2 heterocycles. The minimum atomic E-state index is -3.64. The van der Waals surface area contributed by atoms with Crippen LogP contribution in [0.15, 0.2) is 0 Å². The van der Waals surface area contributed by atoms with E-state index in [-0.39, 0.29) is 0 Å². The molecule has 20 heavy (non-hydrogen) atoms. The van der Waals surface area contributed by atoms with Crippen molar-refractivity contribution in [3.8, 4) is 0 Å². The SMILES string of the molecule is CCSP12(OC(C)(C)C(C)(C)O1)OC(C)(C)C(C)(C)O2. The molecule has 0 aliphatic carbocycles. The van der Waals surface area contributed by atoms with E-state index in [0.29, 0.717) is 0 Å². The molecule has 0 amide bonds. The number of hydrogen-bond donors (Lipinski definition) is 0. The predicted octanol–water partition coefficient (Wildman–Crippen LogP) is 5.08. The van der Waals surface area contributed by atoms with E-state index in [0.717, 1.165) is 5.75 Å². The average Bonchev–Trinajstić information content (AvgIpc) is 2.34. The quantitative estimate of drug-likeness (QED) is 0.662. The van der Waals surface area contributed by atoms with Gasteiger partial charge in [0.2, 0.25) is 0 Å². The Balaban J connectivity index is 2.55. The molecule has 0 N–H and O–H groups in total. The molecule has 2 aliphatic heterocycles. The summed E-state index contributed by atoms with van der Waals surface area (Å²) in [6.07, 6.45) is 0. The Morgan fingerprint density at radius 3 is 1.10 bits per heavy atom. The van der Waals surface area contributed by atoms with Gasteiger partial charge in [-0.15, -0.1) is 0 Å². The van der Waals surface area contributed by atoms with Gasteiger partial charge in [-0.05, 0) is 0 Å². The summed E-state index contributed by atoms with van der Waals surface area (Å²) in [5.74, 6) is 0.816. The third-order valence-electron chi connectivity index (χ3n) is 4.75. The summed E-state index contributed by atoms with van der Waals surface area (Å²) < 4.78 is 25.8. The third-order valence-corrected chi connectivity index (χ3v) is 11.4. The van der Waals surface area contributed by atoms with Gasteiger partial charge < -0.3 is 0 Å². The van der Waals surface area contributed by atoms with Crippen molar-refractivity contribution < 1.29 is 18.1 Å². The molecular weight excluding hydrogens is 295 g/mol. The molecule has 0 unspecified atom stereocenters. The molecule has 2 rings (SSSR count). The van der Waals surface area contributed by atoms with E-state index in [1.54, 1.807) is 11.4 Å². The fourth-order valence-corrected chi connectivity index (χ4v) is 11.2.